The van der Waals surface area contributed by atoms with Crippen LogP contribution in [0, 0.1) is 0 Å². The number of carbonyl (C=O) groups is 1. The van der Waals surface area contributed by atoms with E-state index in [4.69, 9.17) is 5.73 Å². The maximum absolute atomic E-state index is 12.5. The minimum absolute atomic E-state index is 0.0190. The number of H-pyrrole nitrogens is 1. The maximum atomic E-state index is 12.5. The van der Waals surface area contributed by atoms with Crippen molar-refractivity contribution < 1.29 is 4.79 Å². The van der Waals surface area contributed by atoms with Gasteiger partial charge in [0, 0.05) is 34.8 Å². The zero-order valence-electron chi connectivity index (χ0n) is 16.6. The molecule has 1 aliphatic rings. The molecule has 2 aromatic rings. The van der Waals surface area contributed by atoms with Crippen molar-refractivity contribution in [1.29, 1.82) is 0 Å². The Morgan fingerprint density at radius 1 is 1.19 bits per heavy atom. The Morgan fingerprint density at radius 2 is 1.92 bits per heavy atom. The van der Waals surface area contributed by atoms with E-state index in [1.807, 2.05) is 39.0 Å². The Hall–Kier alpha value is -2.49. The lowest BCUT2D eigenvalue weighted by atomic mass is 9.93. The Morgan fingerprint density at radius 3 is 2.58 bits per heavy atom. The third-order valence-corrected chi connectivity index (χ3v) is 4.74. The highest BCUT2D eigenvalue weighted by Crippen LogP contribution is 2.31. The lowest BCUT2D eigenvalue weighted by Crippen LogP contribution is -2.23. The molecule has 0 fully saturated rings. The van der Waals surface area contributed by atoms with Crippen LogP contribution in [0.25, 0.3) is 5.57 Å². The molecule has 0 saturated heterocycles. The molecular formula is C22H31N3O. The summed E-state index contributed by atoms with van der Waals surface area (Å²) in [5.74, 6) is -0.0190. The van der Waals surface area contributed by atoms with E-state index in [2.05, 4.69) is 30.2 Å². The number of hydrogen-bond acceptors (Lipinski definition) is 2. The second-order valence-electron chi connectivity index (χ2n) is 6.44. The highest BCUT2D eigenvalue weighted by Gasteiger charge is 2.23. The van der Waals surface area contributed by atoms with Crippen LogP contribution in [0.4, 0.5) is 11.4 Å². The molecule has 2 heterocycles. The first-order valence-electron chi connectivity index (χ1n) is 9.64. The van der Waals surface area contributed by atoms with E-state index in [0.29, 0.717) is 6.42 Å². The summed E-state index contributed by atoms with van der Waals surface area (Å²) in [6.45, 7) is 10.4. The summed E-state index contributed by atoms with van der Waals surface area (Å²) in [6, 6.07) is 7.83. The molecule has 0 atom stereocenters. The number of benzene rings is 1. The zero-order valence-corrected chi connectivity index (χ0v) is 16.6. The number of amides is 1. The summed E-state index contributed by atoms with van der Waals surface area (Å²) >= 11 is 0. The highest BCUT2D eigenvalue weighted by molar-refractivity contribution is 6.11. The van der Waals surface area contributed by atoms with Gasteiger partial charge in [0.15, 0.2) is 0 Å². The monoisotopic (exact) mass is 353 g/mol. The number of aryl methyl sites for hydroxylation is 2. The molecule has 0 aliphatic carbocycles. The summed E-state index contributed by atoms with van der Waals surface area (Å²) in [5, 5.41) is 2.98. The maximum Gasteiger partial charge on any atom is 0.252 e. The predicted octanol–water partition coefficient (Wildman–Crippen LogP) is 5.11. The standard InChI is InChI=1S/C20H25N3O.C2H6/c1-4-6-13-11-19(22-17(13)5-2)12(3)16-10-14-9-15(21)7-8-18(14)23-20(16)24;1-2/h7-9,11,22H,4-6,10,21H2,1-3H3,(H,23,24);1-2H3/b16-12-;. The Balaban J connectivity index is 0.00000117. The molecule has 4 heteroatoms. The predicted molar refractivity (Wildman–Crippen MR) is 111 cm³/mol. The number of fused-ring (bicyclic) bond motifs is 1. The third-order valence-electron chi connectivity index (χ3n) is 4.74. The normalized spacial score (nSPS) is 14.9. The van der Waals surface area contributed by atoms with Crippen LogP contribution >= 0.6 is 0 Å². The van der Waals surface area contributed by atoms with Gasteiger partial charge in [0.25, 0.3) is 5.91 Å². The van der Waals surface area contributed by atoms with Crippen molar-refractivity contribution in [1.82, 2.24) is 4.98 Å². The van der Waals surface area contributed by atoms with Gasteiger partial charge in [-0.25, -0.2) is 0 Å². The largest absolute Gasteiger partial charge is 0.399 e. The van der Waals surface area contributed by atoms with E-state index in [1.165, 1.54) is 11.3 Å². The van der Waals surface area contributed by atoms with Crippen LogP contribution in [0.3, 0.4) is 0 Å². The average molecular weight is 354 g/mol. The van der Waals surface area contributed by atoms with Gasteiger partial charge in [0.05, 0.1) is 0 Å². The fraction of sp³-hybridized carbons (Fsp3) is 0.409. The molecule has 0 spiro atoms. The summed E-state index contributed by atoms with van der Waals surface area (Å²) in [5.41, 5.74) is 14.0. The van der Waals surface area contributed by atoms with Crippen molar-refractivity contribution in [2.45, 2.75) is 60.3 Å². The zero-order chi connectivity index (χ0) is 19.3. The van der Waals surface area contributed by atoms with E-state index in [1.54, 1.807) is 0 Å². The average Bonchev–Trinajstić information content (AvgIpc) is 3.06. The number of anilines is 2. The van der Waals surface area contributed by atoms with Crippen molar-refractivity contribution in [2.75, 3.05) is 11.1 Å². The molecule has 4 N–H and O–H groups in total. The van der Waals surface area contributed by atoms with Gasteiger partial charge < -0.3 is 16.0 Å². The topological polar surface area (TPSA) is 70.9 Å². The minimum atomic E-state index is -0.0190. The smallest absolute Gasteiger partial charge is 0.252 e. The van der Waals surface area contributed by atoms with Crippen molar-refractivity contribution in [3.63, 3.8) is 0 Å². The van der Waals surface area contributed by atoms with Gasteiger partial charge in [-0.1, -0.05) is 34.1 Å². The molecule has 26 heavy (non-hydrogen) atoms. The van der Waals surface area contributed by atoms with E-state index >= 15 is 0 Å². The summed E-state index contributed by atoms with van der Waals surface area (Å²) in [6.07, 6.45) is 3.77. The van der Waals surface area contributed by atoms with Crippen LogP contribution in [-0.2, 0) is 24.1 Å². The first-order chi connectivity index (χ1) is 12.5. The fourth-order valence-electron chi connectivity index (χ4n) is 3.37. The van der Waals surface area contributed by atoms with Gasteiger partial charge in [-0.3, -0.25) is 4.79 Å². The SMILES string of the molecule is CC.CCCc1cc(/C(C)=C2/Cc3cc(N)ccc3NC2=O)[nH]c1CC. The van der Waals surface area contributed by atoms with Crippen LogP contribution in [0.5, 0.6) is 0 Å². The lowest BCUT2D eigenvalue weighted by molar-refractivity contribution is -0.113. The molecule has 0 bridgehead atoms. The number of nitrogens with one attached hydrogen (secondary N) is 2. The van der Waals surface area contributed by atoms with Crippen molar-refractivity contribution in [3.8, 4) is 0 Å². The van der Waals surface area contributed by atoms with Crippen molar-refractivity contribution >= 4 is 22.9 Å². The van der Waals surface area contributed by atoms with Gasteiger partial charge in [0.1, 0.15) is 0 Å². The first-order valence-corrected chi connectivity index (χ1v) is 9.64. The van der Waals surface area contributed by atoms with Gasteiger partial charge in [-0.05, 0) is 60.7 Å². The quantitative estimate of drug-likeness (QED) is 0.528. The summed E-state index contributed by atoms with van der Waals surface area (Å²) < 4.78 is 0. The molecule has 0 saturated carbocycles. The van der Waals surface area contributed by atoms with Crippen molar-refractivity contribution in [2.24, 2.45) is 0 Å². The number of aromatic amines is 1. The second kappa shape index (κ2) is 8.75. The summed E-state index contributed by atoms with van der Waals surface area (Å²) in [4.78, 5) is 16.0. The van der Waals surface area contributed by atoms with E-state index in [9.17, 15) is 4.79 Å². The Kier molecular flexibility index (Phi) is 6.67. The fourth-order valence-corrected chi connectivity index (χ4v) is 3.37. The molecule has 0 radical (unpaired) electrons. The molecule has 1 aliphatic heterocycles. The number of aromatic nitrogens is 1. The van der Waals surface area contributed by atoms with E-state index in [0.717, 1.165) is 53.0 Å². The lowest BCUT2D eigenvalue weighted by Gasteiger charge is -2.21. The third kappa shape index (κ3) is 4.01. The Labute approximate surface area is 156 Å². The van der Waals surface area contributed by atoms with Gasteiger partial charge in [-0.2, -0.15) is 0 Å². The number of carbonyl (C=O) groups excluding carboxylic acids is 1. The molecular weight excluding hydrogens is 322 g/mol. The number of allylic oxidation sites excluding steroid dienone is 1. The number of rotatable bonds is 4. The molecule has 3 rings (SSSR count). The summed E-state index contributed by atoms with van der Waals surface area (Å²) in [7, 11) is 0. The first kappa shape index (κ1) is 19.8. The van der Waals surface area contributed by atoms with Gasteiger partial charge in [-0.15, -0.1) is 0 Å². The van der Waals surface area contributed by atoms with Gasteiger partial charge in [0.2, 0.25) is 0 Å². The second-order valence-corrected chi connectivity index (χ2v) is 6.44. The number of hydrogen-bond donors (Lipinski definition) is 3. The molecule has 4 nitrogen and oxygen atoms in total. The van der Waals surface area contributed by atoms with Crippen LogP contribution < -0.4 is 11.1 Å². The number of nitrogen functional groups attached to an aromatic ring is 1. The minimum Gasteiger partial charge on any atom is -0.399 e. The number of nitrogens with two attached hydrogens (primary N) is 1. The highest BCUT2D eigenvalue weighted by atomic mass is 16.1. The molecule has 1 amide bonds. The van der Waals surface area contributed by atoms with Crippen LogP contribution in [-0.4, -0.2) is 10.9 Å². The molecule has 1 aromatic heterocycles. The van der Waals surface area contributed by atoms with E-state index < -0.39 is 0 Å². The van der Waals surface area contributed by atoms with Crippen LogP contribution in [0.15, 0.2) is 29.8 Å². The van der Waals surface area contributed by atoms with E-state index in [-0.39, 0.29) is 5.91 Å². The molecule has 0 unspecified atom stereocenters. The van der Waals surface area contributed by atoms with Gasteiger partial charge >= 0.3 is 0 Å². The Bertz CT molecular complexity index is 815. The van der Waals surface area contributed by atoms with Crippen molar-refractivity contribution in [3.05, 3.63) is 52.4 Å². The van der Waals surface area contributed by atoms with Crippen LogP contribution in [0.1, 0.15) is 63.6 Å². The molecule has 1 aromatic carbocycles. The molecule has 140 valence electrons. The van der Waals surface area contributed by atoms with Crippen LogP contribution in [0.2, 0.25) is 0 Å².